The van der Waals surface area contributed by atoms with Crippen molar-refractivity contribution in [1.29, 1.82) is 0 Å². The first-order valence-electron chi connectivity index (χ1n) is 6.29. The molecule has 0 saturated heterocycles. The number of aromatic amines is 1. The van der Waals surface area contributed by atoms with Crippen LogP contribution in [0, 0.1) is 0 Å². The van der Waals surface area contributed by atoms with E-state index in [1.165, 1.54) is 6.92 Å². The van der Waals surface area contributed by atoms with E-state index in [1.54, 1.807) is 24.4 Å². The Balaban J connectivity index is 2.12. The number of rotatable bonds is 3. The minimum absolute atomic E-state index is 0.00116. The fraction of sp³-hybridized carbons (Fsp3) is 0.231. The lowest BCUT2D eigenvalue weighted by molar-refractivity contribution is -0.149. The number of hydrogen-bond donors (Lipinski definition) is 3. The largest absolute Gasteiger partial charge is 0.329 e. The third kappa shape index (κ3) is 3.23. The van der Waals surface area contributed by atoms with Gasteiger partial charge in [0.05, 0.1) is 11.7 Å². The summed E-state index contributed by atoms with van der Waals surface area (Å²) < 4.78 is 0. The molecule has 0 radical (unpaired) electrons. The number of hydrogen-bond acceptors (Lipinski definition) is 5. The molecule has 1 aromatic heterocycles. The average Bonchev–Trinajstić information content (AvgIpc) is 2.91. The molecule has 1 heterocycles. The molecule has 0 unspecified atom stereocenters. The number of aromatic nitrogens is 2. The molecule has 0 aliphatic rings. The molecule has 3 amide bonds. The molecule has 8 nitrogen and oxygen atoms in total. The van der Waals surface area contributed by atoms with Gasteiger partial charge in [0.25, 0.3) is 0 Å². The van der Waals surface area contributed by atoms with Gasteiger partial charge in [0.1, 0.15) is 0 Å². The molecule has 0 atom stereocenters. The van der Waals surface area contributed by atoms with Gasteiger partial charge < -0.3 is 11.1 Å². The Morgan fingerprint density at radius 1 is 1.38 bits per heavy atom. The molecule has 0 aliphatic carbocycles. The Morgan fingerprint density at radius 2 is 2.14 bits per heavy atom. The summed E-state index contributed by atoms with van der Waals surface area (Å²) in [6.45, 7) is 1.30. The lowest BCUT2D eigenvalue weighted by atomic mass is 10.2. The van der Waals surface area contributed by atoms with Crippen molar-refractivity contribution in [3.8, 4) is 0 Å². The highest BCUT2D eigenvalue weighted by atomic mass is 16.2. The molecular weight excluding hydrogens is 274 g/mol. The normalized spacial score (nSPS) is 10.4. The molecule has 8 heteroatoms. The second-order valence-electron chi connectivity index (χ2n) is 4.39. The summed E-state index contributed by atoms with van der Waals surface area (Å²) in [4.78, 5) is 35.9. The van der Waals surface area contributed by atoms with Crippen LogP contribution in [-0.4, -0.2) is 45.9 Å². The van der Waals surface area contributed by atoms with Gasteiger partial charge in [-0.25, -0.2) is 0 Å². The SMILES string of the molecule is CC(=O)N(CCN)C(=O)C(=O)Nc1ccc2cn[nH]c2c1. The summed E-state index contributed by atoms with van der Waals surface area (Å²) in [5, 5.41) is 9.95. The first-order chi connectivity index (χ1) is 10.0. The van der Waals surface area contributed by atoms with E-state index in [9.17, 15) is 14.4 Å². The van der Waals surface area contributed by atoms with Crippen LogP contribution in [0.2, 0.25) is 0 Å². The summed E-state index contributed by atoms with van der Waals surface area (Å²) in [6, 6.07) is 5.04. The van der Waals surface area contributed by atoms with E-state index in [-0.39, 0.29) is 13.1 Å². The van der Waals surface area contributed by atoms with Gasteiger partial charge in [-0.1, -0.05) is 0 Å². The van der Waals surface area contributed by atoms with Gasteiger partial charge in [-0.05, 0) is 18.2 Å². The van der Waals surface area contributed by atoms with Crippen LogP contribution in [0.5, 0.6) is 0 Å². The van der Waals surface area contributed by atoms with Gasteiger partial charge in [-0.3, -0.25) is 24.4 Å². The Hall–Kier alpha value is -2.74. The lowest BCUT2D eigenvalue weighted by Crippen LogP contribution is -2.44. The molecule has 21 heavy (non-hydrogen) atoms. The molecule has 4 N–H and O–H groups in total. The third-order valence-corrected chi connectivity index (χ3v) is 2.87. The van der Waals surface area contributed by atoms with Gasteiger partial charge >= 0.3 is 11.8 Å². The van der Waals surface area contributed by atoms with E-state index < -0.39 is 17.7 Å². The van der Waals surface area contributed by atoms with Crippen LogP contribution in [0.4, 0.5) is 5.69 Å². The number of benzene rings is 1. The van der Waals surface area contributed by atoms with Crippen LogP contribution < -0.4 is 11.1 Å². The molecule has 2 aromatic rings. The Kier molecular flexibility index (Phi) is 4.29. The standard InChI is InChI=1S/C13H15N5O3/c1-8(19)18(5-4-14)13(21)12(20)16-10-3-2-9-7-15-17-11(9)6-10/h2-3,6-7H,4-5,14H2,1H3,(H,15,17)(H,16,20). The van der Waals surface area contributed by atoms with E-state index in [0.29, 0.717) is 5.69 Å². The molecule has 0 aliphatic heterocycles. The number of nitrogens with one attached hydrogen (secondary N) is 2. The van der Waals surface area contributed by atoms with E-state index in [0.717, 1.165) is 15.8 Å². The van der Waals surface area contributed by atoms with E-state index >= 15 is 0 Å². The number of fused-ring (bicyclic) bond motifs is 1. The quantitative estimate of drug-likeness (QED) is 0.678. The summed E-state index contributed by atoms with van der Waals surface area (Å²) in [5.74, 6) is -2.35. The molecule has 0 bridgehead atoms. The fourth-order valence-corrected chi connectivity index (χ4v) is 1.85. The zero-order valence-electron chi connectivity index (χ0n) is 11.4. The molecule has 0 saturated carbocycles. The van der Waals surface area contributed by atoms with Gasteiger partial charge in [-0.15, -0.1) is 0 Å². The van der Waals surface area contributed by atoms with E-state index in [1.807, 2.05) is 0 Å². The number of H-pyrrole nitrogens is 1. The molecule has 0 spiro atoms. The van der Waals surface area contributed by atoms with Crippen molar-refractivity contribution in [2.45, 2.75) is 6.92 Å². The maximum absolute atomic E-state index is 11.9. The second kappa shape index (κ2) is 6.14. The average molecular weight is 289 g/mol. The maximum atomic E-state index is 11.9. The van der Waals surface area contributed by atoms with Crippen molar-refractivity contribution in [2.24, 2.45) is 5.73 Å². The number of nitrogens with two attached hydrogens (primary N) is 1. The summed E-state index contributed by atoms with van der Waals surface area (Å²) in [5.41, 5.74) is 6.48. The fourth-order valence-electron chi connectivity index (χ4n) is 1.85. The number of imide groups is 1. The van der Waals surface area contributed by atoms with Crippen LogP contribution in [-0.2, 0) is 14.4 Å². The molecule has 110 valence electrons. The zero-order valence-corrected chi connectivity index (χ0v) is 11.4. The van der Waals surface area contributed by atoms with Crippen molar-refractivity contribution in [2.75, 3.05) is 18.4 Å². The summed E-state index contributed by atoms with van der Waals surface area (Å²) >= 11 is 0. The van der Waals surface area contributed by atoms with Gasteiger partial charge in [-0.2, -0.15) is 5.10 Å². The van der Waals surface area contributed by atoms with Crippen molar-refractivity contribution >= 4 is 34.3 Å². The number of nitrogens with zero attached hydrogens (tertiary/aromatic N) is 2. The molecule has 1 aromatic carbocycles. The monoisotopic (exact) mass is 289 g/mol. The molecule has 0 fully saturated rings. The highest BCUT2D eigenvalue weighted by Gasteiger charge is 2.24. The smallest absolute Gasteiger partial charge is 0.318 e. The molecule has 2 rings (SSSR count). The van der Waals surface area contributed by atoms with Crippen LogP contribution in [0.1, 0.15) is 6.92 Å². The summed E-state index contributed by atoms with van der Waals surface area (Å²) in [6.07, 6.45) is 1.64. The van der Waals surface area contributed by atoms with Crippen LogP contribution in [0.25, 0.3) is 10.9 Å². The van der Waals surface area contributed by atoms with Gasteiger partial charge in [0, 0.05) is 31.1 Å². The number of carbonyl (C=O) groups is 3. The number of carbonyl (C=O) groups excluding carboxylic acids is 3. The first-order valence-corrected chi connectivity index (χ1v) is 6.29. The minimum Gasteiger partial charge on any atom is -0.329 e. The van der Waals surface area contributed by atoms with Crippen molar-refractivity contribution in [1.82, 2.24) is 15.1 Å². The zero-order chi connectivity index (χ0) is 15.4. The molecular formula is C13H15N5O3. The Morgan fingerprint density at radius 3 is 2.81 bits per heavy atom. The summed E-state index contributed by atoms with van der Waals surface area (Å²) in [7, 11) is 0. The van der Waals surface area contributed by atoms with Crippen LogP contribution in [0.15, 0.2) is 24.4 Å². The second-order valence-corrected chi connectivity index (χ2v) is 4.39. The van der Waals surface area contributed by atoms with Crippen LogP contribution in [0.3, 0.4) is 0 Å². The van der Waals surface area contributed by atoms with Gasteiger partial charge in [0.15, 0.2) is 0 Å². The van der Waals surface area contributed by atoms with Crippen molar-refractivity contribution in [3.05, 3.63) is 24.4 Å². The van der Waals surface area contributed by atoms with Crippen LogP contribution >= 0.6 is 0 Å². The highest BCUT2D eigenvalue weighted by Crippen LogP contribution is 2.16. The minimum atomic E-state index is -0.933. The Bertz CT molecular complexity index is 694. The van der Waals surface area contributed by atoms with Crippen molar-refractivity contribution in [3.63, 3.8) is 0 Å². The predicted octanol–water partition coefficient (Wildman–Crippen LogP) is -0.165. The number of anilines is 1. The lowest BCUT2D eigenvalue weighted by Gasteiger charge is -2.17. The van der Waals surface area contributed by atoms with Crippen molar-refractivity contribution < 1.29 is 14.4 Å². The van der Waals surface area contributed by atoms with E-state index in [4.69, 9.17) is 5.73 Å². The third-order valence-electron chi connectivity index (χ3n) is 2.87. The Labute approximate surface area is 120 Å². The highest BCUT2D eigenvalue weighted by molar-refractivity contribution is 6.41. The van der Waals surface area contributed by atoms with E-state index in [2.05, 4.69) is 15.5 Å². The number of amides is 3. The topological polar surface area (TPSA) is 121 Å². The predicted molar refractivity (Wildman–Crippen MR) is 76.2 cm³/mol. The maximum Gasteiger partial charge on any atom is 0.318 e. The van der Waals surface area contributed by atoms with Gasteiger partial charge in [0.2, 0.25) is 5.91 Å². The first kappa shape index (κ1) is 14.7.